The van der Waals surface area contributed by atoms with Crippen LogP contribution < -0.4 is 10.2 Å². The van der Waals surface area contributed by atoms with Gasteiger partial charge in [-0.05, 0) is 49.4 Å². The van der Waals surface area contributed by atoms with Crippen LogP contribution >= 0.6 is 11.8 Å². The summed E-state index contributed by atoms with van der Waals surface area (Å²) in [6.45, 7) is 3.14. The summed E-state index contributed by atoms with van der Waals surface area (Å²) in [6.07, 6.45) is -1.15. The molecule has 25 heavy (non-hydrogen) atoms. The number of nitrogens with zero attached hydrogens (tertiary/aromatic N) is 1. The number of thioether (sulfide) groups is 1. The number of aliphatic hydroxyl groups excluding tert-OH is 1. The minimum atomic E-state index is -1.15. The molecule has 1 amide bonds. The Morgan fingerprint density at radius 3 is 2.60 bits per heavy atom. The number of aliphatic hydroxyl groups is 1. The normalized spacial score (nSPS) is 20.3. The first-order valence-electron chi connectivity index (χ1n) is 8.21. The quantitative estimate of drug-likeness (QED) is 0.783. The van der Waals surface area contributed by atoms with E-state index < -0.39 is 11.4 Å². The number of benzene rings is 2. The van der Waals surface area contributed by atoms with E-state index in [0.29, 0.717) is 13.1 Å². The molecule has 2 aromatic carbocycles. The minimum Gasteiger partial charge on any atom is -0.508 e. The molecule has 0 aromatic heterocycles. The molecule has 1 aliphatic heterocycles. The van der Waals surface area contributed by atoms with Gasteiger partial charge in [0.05, 0.1) is 10.9 Å². The number of aromatic hydroxyl groups is 1. The van der Waals surface area contributed by atoms with Crippen molar-refractivity contribution in [2.24, 2.45) is 0 Å². The Morgan fingerprint density at radius 1 is 1.20 bits per heavy atom. The zero-order valence-corrected chi connectivity index (χ0v) is 15.1. The Balaban J connectivity index is 2.05. The molecule has 3 N–H and O–H groups in total. The lowest BCUT2D eigenvalue weighted by atomic mass is 10.1. The van der Waals surface area contributed by atoms with Gasteiger partial charge in [-0.15, -0.1) is 11.8 Å². The number of aryl methyl sites for hydroxylation is 1. The van der Waals surface area contributed by atoms with E-state index in [2.05, 4.69) is 5.32 Å². The van der Waals surface area contributed by atoms with E-state index in [1.807, 2.05) is 32.2 Å². The van der Waals surface area contributed by atoms with Crippen LogP contribution in [0.15, 0.2) is 47.4 Å². The molecule has 2 aromatic rings. The second kappa shape index (κ2) is 7.47. The Hall–Kier alpha value is -2.02. The summed E-state index contributed by atoms with van der Waals surface area (Å²) in [5.41, 5.74) is 2.75. The zero-order valence-electron chi connectivity index (χ0n) is 14.3. The summed E-state index contributed by atoms with van der Waals surface area (Å²) in [5, 5.41) is 22.9. The van der Waals surface area contributed by atoms with Crippen LogP contribution in [0.4, 0.5) is 5.69 Å². The monoisotopic (exact) mass is 358 g/mol. The van der Waals surface area contributed by atoms with Crippen LogP contribution in [0.3, 0.4) is 0 Å². The molecule has 0 spiro atoms. The number of likely N-dealkylation sites (N-methyl/N-ethyl adjacent to an activating group) is 1. The highest BCUT2D eigenvalue weighted by molar-refractivity contribution is 7.99. The van der Waals surface area contributed by atoms with Crippen molar-refractivity contribution in [1.29, 1.82) is 0 Å². The summed E-state index contributed by atoms with van der Waals surface area (Å²) in [6, 6.07) is 12.6. The van der Waals surface area contributed by atoms with E-state index in [1.54, 1.807) is 29.2 Å². The molecule has 2 atom stereocenters. The van der Waals surface area contributed by atoms with Crippen molar-refractivity contribution in [1.82, 2.24) is 5.32 Å². The molecule has 0 radical (unpaired) electrons. The summed E-state index contributed by atoms with van der Waals surface area (Å²) in [4.78, 5) is 15.6. The average Bonchev–Trinajstić information content (AvgIpc) is 2.70. The Morgan fingerprint density at radius 2 is 1.92 bits per heavy atom. The number of phenols is 1. The van der Waals surface area contributed by atoms with Crippen molar-refractivity contribution in [3.8, 4) is 5.75 Å². The lowest BCUT2D eigenvalue weighted by Crippen LogP contribution is -2.43. The summed E-state index contributed by atoms with van der Waals surface area (Å²) in [5.74, 6) is -0.140. The first-order chi connectivity index (χ1) is 12.0. The van der Waals surface area contributed by atoms with Crippen LogP contribution in [0.5, 0.6) is 5.75 Å². The first kappa shape index (κ1) is 17.8. The molecule has 0 saturated heterocycles. The molecule has 0 bridgehead atoms. The number of carbonyl (C=O) groups excluding carboxylic acids is 1. The van der Waals surface area contributed by atoms with Crippen LogP contribution in [0.2, 0.25) is 0 Å². The van der Waals surface area contributed by atoms with Gasteiger partial charge < -0.3 is 20.4 Å². The Kier molecular flexibility index (Phi) is 5.32. The van der Waals surface area contributed by atoms with Gasteiger partial charge in [0.2, 0.25) is 0 Å². The second-order valence-electron chi connectivity index (χ2n) is 6.14. The average molecular weight is 358 g/mol. The third kappa shape index (κ3) is 3.66. The van der Waals surface area contributed by atoms with Crippen molar-refractivity contribution in [2.75, 3.05) is 25.0 Å². The van der Waals surface area contributed by atoms with E-state index >= 15 is 0 Å². The molecule has 132 valence electrons. The van der Waals surface area contributed by atoms with Gasteiger partial charge in [0, 0.05) is 18.0 Å². The lowest BCUT2D eigenvalue weighted by molar-refractivity contribution is -0.126. The fourth-order valence-corrected chi connectivity index (χ4v) is 4.28. The molecular formula is C19H22N2O3S. The number of rotatable bonds is 4. The van der Waals surface area contributed by atoms with E-state index in [4.69, 9.17) is 0 Å². The highest BCUT2D eigenvalue weighted by Gasteiger charge is 2.37. The largest absolute Gasteiger partial charge is 0.508 e. The van der Waals surface area contributed by atoms with Crippen LogP contribution in [0.1, 0.15) is 16.4 Å². The van der Waals surface area contributed by atoms with Gasteiger partial charge in [-0.2, -0.15) is 0 Å². The predicted octanol–water partition coefficient (Wildman–Crippen LogP) is 2.46. The molecule has 6 heteroatoms. The summed E-state index contributed by atoms with van der Waals surface area (Å²) < 4.78 is 0. The number of carbonyl (C=O) groups is 1. The van der Waals surface area contributed by atoms with Crippen molar-refractivity contribution in [3.05, 3.63) is 53.6 Å². The molecule has 0 unspecified atom stereocenters. The van der Waals surface area contributed by atoms with Crippen LogP contribution in [0.25, 0.3) is 0 Å². The number of nitrogens with one attached hydrogen (secondary N) is 1. The topological polar surface area (TPSA) is 72.8 Å². The maximum Gasteiger partial charge on any atom is 0.257 e. The van der Waals surface area contributed by atoms with Crippen LogP contribution in [0, 0.1) is 6.92 Å². The standard InChI is InChI=1S/C19H22N2O3S/c1-12-3-8-15-16(11-12)25-18(13-4-6-14(22)7-5-13)17(23)19(24)21(15)10-9-20-2/h3-8,11,17-18,20,22-23H,9-10H2,1-2H3/t17-,18+/m1/s1. The summed E-state index contributed by atoms with van der Waals surface area (Å²) >= 11 is 1.49. The third-order valence-electron chi connectivity index (χ3n) is 4.27. The Labute approximate surface area is 151 Å². The molecule has 5 nitrogen and oxygen atoms in total. The van der Waals surface area contributed by atoms with E-state index in [-0.39, 0.29) is 11.7 Å². The maximum absolute atomic E-state index is 12.9. The number of anilines is 1. The number of hydrogen-bond acceptors (Lipinski definition) is 5. The van der Waals surface area contributed by atoms with Gasteiger partial charge in [-0.25, -0.2) is 0 Å². The van der Waals surface area contributed by atoms with E-state index in [1.165, 1.54) is 11.8 Å². The molecule has 3 rings (SSSR count). The highest BCUT2D eigenvalue weighted by Crippen LogP contribution is 2.46. The van der Waals surface area contributed by atoms with Gasteiger partial charge in [0.15, 0.2) is 0 Å². The van der Waals surface area contributed by atoms with Crippen molar-refractivity contribution in [2.45, 2.75) is 23.2 Å². The third-order valence-corrected chi connectivity index (χ3v) is 5.64. The maximum atomic E-state index is 12.9. The molecule has 0 aliphatic carbocycles. The second-order valence-corrected chi connectivity index (χ2v) is 7.32. The molecular weight excluding hydrogens is 336 g/mol. The first-order valence-corrected chi connectivity index (χ1v) is 9.09. The van der Waals surface area contributed by atoms with Gasteiger partial charge in [-0.1, -0.05) is 18.2 Å². The fourth-order valence-electron chi connectivity index (χ4n) is 2.92. The van der Waals surface area contributed by atoms with Gasteiger partial charge in [0.25, 0.3) is 5.91 Å². The SMILES string of the molecule is CNCCN1C(=O)[C@H](O)[C@H](c2ccc(O)cc2)Sc2cc(C)ccc21. The van der Waals surface area contributed by atoms with E-state index in [0.717, 1.165) is 21.7 Å². The number of fused-ring (bicyclic) bond motifs is 1. The van der Waals surface area contributed by atoms with Gasteiger partial charge in [0.1, 0.15) is 11.9 Å². The molecule has 0 fully saturated rings. The lowest BCUT2D eigenvalue weighted by Gasteiger charge is -2.25. The molecule has 1 aliphatic rings. The smallest absolute Gasteiger partial charge is 0.257 e. The number of hydrogen-bond donors (Lipinski definition) is 3. The van der Waals surface area contributed by atoms with Crippen molar-refractivity contribution in [3.63, 3.8) is 0 Å². The van der Waals surface area contributed by atoms with Crippen LogP contribution in [-0.2, 0) is 4.79 Å². The molecule has 1 heterocycles. The van der Waals surface area contributed by atoms with Crippen LogP contribution in [-0.4, -0.2) is 42.4 Å². The number of amides is 1. The van der Waals surface area contributed by atoms with E-state index in [9.17, 15) is 15.0 Å². The van der Waals surface area contributed by atoms with Crippen molar-refractivity contribution < 1.29 is 15.0 Å². The summed E-state index contributed by atoms with van der Waals surface area (Å²) in [7, 11) is 1.84. The van der Waals surface area contributed by atoms with Crippen molar-refractivity contribution >= 4 is 23.4 Å². The van der Waals surface area contributed by atoms with Gasteiger partial charge in [-0.3, -0.25) is 4.79 Å². The predicted molar refractivity (Wildman–Crippen MR) is 100 cm³/mol. The number of phenolic OH excluding ortho intramolecular Hbond substituents is 1. The molecule has 0 saturated carbocycles. The zero-order chi connectivity index (χ0) is 18.0. The minimum absolute atomic E-state index is 0.162. The highest BCUT2D eigenvalue weighted by atomic mass is 32.2. The fraction of sp³-hybridized carbons (Fsp3) is 0.316. The van der Waals surface area contributed by atoms with Gasteiger partial charge >= 0.3 is 0 Å². The Bertz CT molecular complexity index is 764.